The monoisotopic (exact) mass is 490 g/mol. The number of fused-ring (bicyclic) bond motifs is 3. The Morgan fingerprint density at radius 1 is 0.676 bits per heavy atom. The van der Waals surface area contributed by atoms with Crippen molar-refractivity contribution in [2.75, 3.05) is 4.90 Å². The van der Waals surface area contributed by atoms with E-state index in [9.17, 15) is 0 Å². The molecule has 1 saturated heterocycles. The third kappa shape index (κ3) is 3.41. The Bertz CT molecular complexity index is 1240. The first-order chi connectivity index (χ1) is 18.2. The Morgan fingerprint density at radius 2 is 1.27 bits per heavy atom. The molecule has 2 nitrogen and oxygen atoms in total. The number of aryl methyl sites for hydroxylation is 1. The van der Waals surface area contributed by atoms with Crippen molar-refractivity contribution in [2.45, 2.75) is 95.4 Å². The van der Waals surface area contributed by atoms with Crippen LogP contribution in [0.4, 0.5) is 5.69 Å². The molecular formula is C35H42N2. The summed E-state index contributed by atoms with van der Waals surface area (Å²) in [5.74, 6) is 1.49. The molecule has 0 N–H and O–H groups in total. The van der Waals surface area contributed by atoms with Crippen LogP contribution in [0.25, 0.3) is 0 Å². The highest BCUT2D eigenvalue weighted by Gasteiger charge is 2.65. The zero-order valence-electron chi connectivity index (χ0n) is 22.7. The number of hydrogen-bond donors (Lipinski definition) is 0. The van der Waals surface area contributed by atoms with E-state index in [4.69, 9.17) is 0 Å². The Labute approximate surface area is 223 Å². The van der Waals surface area contributed by atoms with Gasteiger partial charge in [0.25, 0.3) is 0 Å². The van der Waals surface area contributed by atoms with Crippen LogP contribution in [0, 0.1) is 18.8 Å². The van der Waals surface area contributed by atoms with Crippen LogP contribution in [0.2, 0.25) is 0 Å². The minimum atomic E-state index is 0.129. The molecule has 2 saturated carbocycles. The van der Waals surface area contributed by atoms with E-state index in [1.165, 1.54) is 74.6 Å². The summed E-state index contributed by atoms with van der Waals surface area (Å²) in [6, 6.07) is 31.1. The zero-order valence-corrected chi connectivity index (χ0v) is 22.7. The first kappa shape index (κ1) is 23.5. The van der Waals surface area contributed by atoms with Crippen molar-refractivity contribution < 1.29 is 0 Å². The van der Waals surface area contributed by atoms with E-state index in [1.807, 2.05) is 0 Å². The average Bonchev–Trinajstić information content (AvgIpc) is 3.65. The van der Waals surface area contributed by atoms with E-state index in [2.05, 4.69) is 103 Å². The van der Waals surface area contributed by atoms with Crippen molar-refractivity contribution in [3.05, 3.63) is 101 Å². The summed E-state index contributed by atoms with van der Waals surface area (Å²) in [6.07, 6.45) is 12.8. The predicted molar refractivity (Wildman–Crippen MR) is 154 cm³/mol. The zero-order chi connectivity index (χ0) is 25.0. The lowest BCUT2D eigenvalue weighted by Gasteiger charge is -2.53. The van der Waals surface area contributed by atoms with E-state index >= 15 is 0 Å². The SMILES string of the molecule is Cc1ccccc1N1C(c2ccccc2)N2C(c3ccccc3C2(C2CCCCC2)C2CCCC2)[C@@H]1C. The largest absolute Gasteiger partial charge is 0.347 e. The third-order valence-electron chi connectivity index (χ3n) is 10.6. The number of hydrogen-bond acceptors (Lipinski definition) is 2. The van der Waals surface area contributed by atoms with Crippen molar-refractivity contribution in [3.8, 4) is 0 Å². The molecule has 192 valence electrons. The van der Waals surface area contributed by atoms with Gasteiger partial charge in [0.1, 0.15) is 6.17 Å². The number of benzene rings is 3. The van der Waals surface area contributed by atoms with Crippen LogP contribution in [0.15, 0.2) is 78.9 Å². The van der Waals surface area contributed by atoms with Gasteiger partial charge in [0.05, 0.1) is 11.6 Å². The number of rotatable bonds is 4. The predicted octanol–water partition coefficient (Wildman–Crippen LogP) is 8.93. The molecule has 2 heterocycles. The topological polar surface area (TPSA) is 6.48 Å². The van der Waals surface area contributed by atoms with Gasteiger partial charge in [-0.3, -0.25) is 4.90 Å². The van der Waals surface area contributed by atoms with Crippen LogP contribution in [0.3, 0.4) is 0 Å². The van der Waals surface area contributed by atoms with Crippen LogP contribution in [-0.4, -0.2) is 10.9 Å². The lowest BCUT2D eigenvalue weighted by Crippen LogP contribution is -2.54. The van der Waals surface area contributed by atoms with Crippen LogP contribution in [-0.2, 0) is 5.54 Å². The van der Waals surface area contributed by atoms with Crippen LogP contribution in [0.1, 0.15) is 99.2 Å². The Morgan fingerprint density at radius 3 is 1.97 bits per heavy atom. The summed E-state index contributed by atoms with van der Waals surface area (Å²) in [7, 11) is 0. The molecule has 4 atom stereocenters. The van der Waals surface area contributed by atoms with Crippen molar-refractivity contribution >= 4 is 5.69 Å². The Hall–Kier alpha value is -2.58. The standard InChI is InChI=1S/C35H42N2/c1-25-15-9-14-24-32(25)36-26(2)33-30-22-12-13-23-31(30)35(29-20-10-11-21-29,28-18-7-4-8-19-28)37(33)34(36)27-16-5-3-6-17-27/h3,5-6,9,12-17,22-24,26,28-29,33-34H,4,7-8,10-11,18-21H2,1-2H3/t26-,33?,34?,35?/m0/s1. The molecule has 37 heavy (non-hydrogen) atoms. The highest BCUT2D eigenvalue weighted by Crippen LogP contribution is 2.67. The maximum atomic E-state index is 3.11. The summed E-state index contributed by atoms with van der Waals surface area (Å²) in [5, 5.41) is 0. The quantitative estimate of drug-likeness (QED) is 0.360. The first-order valence-electron chi connectivity index (χ1n) is 15.0. The van der Waals surface area contributed by atoms with Crippen LogP contribution in [0.5, 0.6) is 0 Å². The molecule has 3 fully saturated rings. The lowest BCUT2D eigenvalue weighted by molar-refractivity contribution is -0.0534. The number of para-hydroxylation sites is 1. The second kappa shape index (κ2) is 9.31. The van der Waals surface area contributed by atoms with Gasteiger partial charge in [0.15, 0.2) is 0 Å². The number of nitrogens with zero attached hydrogens (tertiary/aromatic N) is 2. The molecule has 2 heteroatoms. The minimum Gasteiger partial charge on any atom is -0.347 e. The molecule has 0 radical (unpaired) electrons. The summed E-state index contributed by atoms with van der Waals surface area (Å²) in [5.41, 5.74) is 7.67. The average molecular weight is 491 g/mol. The second-order valence-corrected chi connectivity index (χ2v) is 12.3. The second-order valence-electron chi connectivity index (χ2n) is 12.3. The fourth-order valence-electron chi connectivity index (χ4n) is 9.25. The Balaban J connectivity index is 1.51. The minimum absolute atomic E-state index is 0.129. The Kier molecular flexibility index (Phi) is 5.92. The third-order valence-corrected chi connectivity index (χ3v) is 10.6. The van der Waals surface area contributed by atoms with Crippen LogP contribution < -0.4 is 4.90 Å². The van der Waals surface area contributed by atoms with E-state index < -0.39 is 0 Å². The summed E-state index contributed by atoms with van der Waals surface area (Å²) in [6.45, 7) is 4.81. The maximum Gasteiger partial charge on any atom is 0.110 e. The van der Waals surface area contributed by atoms with Gasteiger partial charge in [-0.05, 0) is 79.7 Å². The molecule has 2 aliphatic carbocycles. The molecule has 3 aromatic rings. The molecule has 4 aliphatic rings. The highest BCUT2D eigenvalue weighted by atomic mass is 15.5. The normalized spacial score (nSPS) is 30.5. The van der Waals surface area contributed by atoms with E-state index in [0.29, 0.717) is 12.1 Å². The van der Waals surface area contributed by atoms with Gasteiger partial charge < -0.3 is 4.90 Å². The lowest BCUT2D eigenvalue weighted by atomic mass is 9.63. The van der Waals surface area contributed by atoms with Gasteiger partial charge in [0.2, 0.25) is 0 Å². The molecular weight excluding hydrogens is 448 g/mol. The molecule has 7 rings (SSSR count). The van der Waals surface area contributed by atoms with Gasteiger partial charge in [-0.25, -0.2) is 0 Å². The summed E-state index contributed by atoms with van der Waals surface area (Å²) >= 11 is 0. The molecule has 0 amide bonds. The summed E-state index contributed by atoms with van der Waals surface area (Å²) < 4.78 is 0. The number of anilines is 1. The van der Waals surface area contributed by atoms with Gasteiger partial charge in [-0.1, -0.05) is 105 Å². The molecule has 3 aromatic carbocycles. The molecule has 0 aromatic heterocycles. The van der Waals surface area contributed by atoms with Crippen molar-refractivity contribution in [1.82, 2.24) is 4.90 Å². The maximum absolute atomic E-state index is 3.11. The van der Waals surface area contributed by atoms with Gasteiger partial charge in [0, 0.05) is 11.7 Å². The molecule has 2 aliphatic heterocycles. The van der Waals surface area contributed by atoms with Gasteiger partial charge in [-0.2, -0.15) is 0 Å². The van der Waals surface area contributed by atoms with Gasteiger partial charge in [-0.15, -0.1) is 0 Å². The van der Waals surface area contributed by atoms with E-state index in [0.717, 1.165) is 11.8 Å². The van der Waals surface area contributed by atoms with E-state index in [-0.39, 0.29) is 11.7 Å². The van der Waals surface area contributed by atoms with Crippen molar-refractivity contribution in [1.29, 1.82) is 0 Å². The van der Waals surface area contributed by atoms with Gasteiger partial charge >= 0.3 is 0 Å². The molecule has 0 spiro atoms. The van der Waals surface area contributed by atoms with Crippen LogP contribution >= 0.6 is 0 Å². The van der Waals surface area contributed by atoms with Crippen molar-refractivity contribution in [3.63, 3.8) is 0 Å². The highest BCUT2D eigenvalue weighted by molar-refractivity contribution is 5.60. The fraction of sp³-hybridized carbons (Fsp3) is 0.486. The van der Waals surface area contributed by atoms with Crippen molar-refractivity contribution in [2.24, 2.45) is 11.8 Å². The fourth-order valence-corrected chi connectivity index (χ4v) is 9.25. The molecule has 3 unspecified atom stereocenters. The molecule has 0 bridgehead atoms. The summed E-state index contributed by atoms with van der Waals surface area (Å²) in [4.78, 5) is 5.91. The first-order valence-corrected chi connectivity index (χ1v) is 15.0. The smallest absolute Gasteiger partial charge is 0.110 e. The van der Waals surface area contributed by atoms with E-state index in [1.54, 1.807) is 11.1 Å².